The first-order valence-electron chi connectivity index (χ1n) is 7.14. The van der Waals surface area contributed by atoms with Crippen molar-refractivity contribution in [2.75, 3.05) is 7.05 Å². The van der Waals surface area contributed by atoms with E-state index in [1.54, 1.807) is 18.5 Å². The quantitative estimate of drug-likeness (QED) is 0.917. The van der Waals surface area contributed by atoms with Gasteiger partial charge in [-0.15, -0.1) is 0 Å². The van der Waals surface area contributed by atoms with Gasteiger partial charge in [-0.2, -0.15) is 0 Å². The molecule has 0 saturated heterocycles. The molecule has 0 saturated carbocycles. The molecule has 1 heterocycles. The number of pyridine rings is 1. The Hall–Kier alpha value is -1.78. The molecule has 2 aromatic rings. The molecular formula is C17H22FN3. The number of hydrogen-bond donors (Lipinski definition) is 1. The van der Waals surface area contributed by atoms with E-state index in [4.69, 9.17) is 5.73 Å². The molecule has 4 heteroatoms. The zero-order valence-electron chi connectivity index (χ0n) is 12.7. The highest BCUT2D eigenvalue weighted by molar-refractivity contribution is 5.23. The SMILES string of the molecule is CC(N)C(c1ccncc1)N(C)C(C)c1ccccc1F. The maximum absolute atomic E-state index is 14.0. The van der Waals surface area contributed by atoms with Crippen molar-refractivity contribution in [1.82, 2.24) is 9.88 Å². The van der Waals surface area contributed by atoms with E-state index in [1.165, 1.54) is 6.07 Å². The Morgan fingerprint density at radius 2 is 1.71 bits per heavy atom. The van der Waals surface area contributed by atoms with Crippen LogP contribution in [0, 0.1) is 5.82 Å². The smallest absolute Gasteiger partial charge is 0.127 e. The van der Waals surface area contributed by atoms with Crippen LogP contribution in [-0.4, -0.2) is 23.0 Å². The van der Waals surface area contributed by atoms with Crippen LogP contribution in [0.3, 0.4) is 0 Å². The first-order chi connectivity index (χ1) is 10.0. The number of aromatic nitrogens is 1. The summed E-state index contributed by atoms with van der Waals surface area (Å²) in [4.78, 5) is 6.15. The Kier molecular flexibility index (Phi) is 5.04. The van der Waals surface area contributed by atoms with E-state index in [9.17, 15) is 4.39 Å². The second kappa shape index (κ2) is 6.78. The lowest BCUT2D eigenvalue weighted by atomic mass is 9.97. The fourth-order valence-corrected chi connectivity index (χ4v) is 2.74. The Labute approximate surface area is 125 Å². The molecule has 0 spiro atoms. The lowest BCUT2D eigenvalue weighted by molar-refractivity contribution is 0.163. The standard InChI is InChI=1S/C17H22FN3/c1-12(19)17(14-8-10-20-11-9-14)21(3)13(2)15-6-4-5-7-16(15)18/h4-13,17H,19H2,1-3H3. The second-order valence-electron chi connectivity index (χ2n) is 5.45. The average molecular weight is 287 g/mol. The van der Waals surface area contributed by atoms with Crippen molar-refractivity contribution in [1.29, 1.82) is 0 Å². The van der Waals surface area contributed by atoms with E-state index >= 15 is 0 Å². The van der Waals surface area contributed by atoms with E-state index in [0.29, 0.717) is 5.56 Å². The minimum Gasteiger partial charge on any atom is -0.326 e. The Morgan fingerprint density at radius 3 is 2.29 bits per heavy atom. The largest absolute Gasteiger partial charge is 0.326 e. The van der Waals surface area contributed by atoms with Gasteiger partial charge in [-0.25, -0.2) is 4.39 Å². The van der Waals surface area contributed by atoms with Gasteiger partial charge in [0.15, 0.2) is 0 Å². The van der Waals surface area contributed by atoms with E-state index in [0.717, 1.165) is 5.56 Å². The zero-order valence-corrected chi connectivity index (χ0v) is 12.7. The van der Waals surface area contributed by atoms with E-state index in [2.05, 4.69) is 9.88 Å². The maximum atomic E-state index is 14.0. The molecule has 0 radical (unpaired) electrons. The van der Waals surface area contributed by atoms with Crippen LogP contribution >= 0.6 is 0 Å². The minimum absolute atomic E-state index is 0.00241. The molecule has 0 bridgehead atoms. The normalized spacial score (nSPS) is 15.7. The van der Waals surface area contributed by atoms with Crippen molar-refractivity contribution < 1.29 is 4.39 Å². The Morgan fingerprint density at radius 1 is 1.10 bits per heavy atom. The van der Waals surface area contributed by atoms with Gasteiger partial charge in [0.25, 0.3) is 0 Å². The zero-order chi connectivity index (χ0) is 15.4. The summed E-state index contributed by atoms with van der Waals surface area (Å²) in [5.74, 6) is -0.185. The highest BCUT2D eigenvalue weighted by atomic mass is 19.1. The number of hydrogen-bond acceptors (Lipinski definition) is 3. The van der Waals surface area contributed by atoms with E-state index < -0.39 is 0 Å². The van der Waals surface area contributed by atoms with Gasteiger partial charge in [0, 0.05) is 30.0 Å². The van der Waals surface area contributed by atoms with Gasteiger partial charge in [0.2, 0.25) is 0 Å². The van der Waals surface area contributed by atoms with Crippen molar-refractivity contribution in [3.05, 3.63) is 65.7 Å². The van der Waals surface area contributed by atoms with Crippen LogP contribution in [0.25, 0.3) is 0 Å². The summed E-state index contributed by atoms with van der Waals surface area (Å²) in [5.41, 5.74) is 7.94. The van der Waals surface area contributed by atoms with Crippen molar-refractivity contribution in [3.8, 4) is 0 Å². The second-order valence-corrected chi connectivity index (χ2v) is 5.45. The molecule has 1 aromatic carbocycles. The predicted octanol–water partition coefficient (Wildman–Crippen LogP) is 3.30. The van der Waals surface area contributed by atoms with Gasteiger partial charge in [-0.1, -0.05) is 18.2 Å². The lowest BCUT2D eigenvalue weighted by Gasteiger charge is -2.36. The molecule has 2 rings (SSSR count). The summed E-state index contributed by atoms with van der Waals surface area (Å²) in [5, 5.41) is 0. The molecule has 3 atom stereocenters. The fourth-order valence-electron chi connectivity index (χ4n) is 2.74. The number of likely N-dealkylation sites (N-methyl/N-ethyl adjacent to an activating group) is 1. The molecule has 2 N–H and O–H groups in total. The number of halogens is 1. The number of benzene rings is 1. The summed E-state index contributed by atoms with van der Waals surface area (Å²) in [6.45, 7) is 3.96. The Bertz CT molecular complexity index is 571. The topological polar surface area (TPSA) is 42.1 Å². The molecule has 1 aromatic heterocycles. The molecule has 112 valence electrons. The van der Waals surface area contributed by atoms with Crippen LogP contribution in [0.2, 0.25) is 0 Å². The summed E-state index contributed by atoms with van der Waals surface area (Å²) in [6, 6.07) is 10.6. The van der Waals surface area contributed by atoms with Crippen molar-refractivity contribution in [2.45, 2.75) is 32.0 Å². The molecule has 3 unspecified atom stereocenters. The third kappa shape index (κ3) is 3.46. The maximum Gasteiger partial charge on any atom is 0.127 e. The fraction of sp³-hybridized carbons (Fsp3) is 0.353. The Balaban J connectivity index is 2.31. The molecule has 0 aliphatic rings. The molecular weight excluding hydrogens is 265 g/mol. The minimum atomic E-state index is -0.185. The number of rotatable bonds is 5. The van der Waals surface area contributed by atoms with Gasteiger partial charge in [0.05, 0.1) is 6.04 Å². The molecule has 0 aliphatic heterocycles. The average Bonchev–Trinajstić information content (AvgIpc) is 2.48. The van der Waals surface area contributed by atoms with Crippen molar-refractivity contribution >= 4 is 0 Å². The molecule has 0 aliphatic carbocycles. The summed E-state index contributed by atoms with van der Waals surface area (Å²) >= 11 is 0. The summed E-state index contributed by atoms with van der Waals surface area (Å²) in [7, 11) is 1.98. The van der Waals surface area contributed by atoms with Crippen molar-refractivity contribution in [3.63, 3.8) is 0 Å². The lowest BCUT2D eigenvalue weighted by Crippen LogP contribution is -2.38. The molecule has 21 heavy (non-hydrogen) atoms. The van der Waals surface area contributed by atoms with Crippen LogP contribution in [-0.2, 0) is 0 Å². The van der Waals surface area contributed by atoms with Gasteiger partial charge >= 0.3 is 0 Å². The predicted molar refractivity (Wildman–Crippen MR) is 83.2 cm³/mol. The van der Waals surface area contributed by atoms with Crippen LogP contribution < -0.4 is 5.73 Å². The van der Waals surface area contributed by atoms with Crippen molar-refractivity contribution in [2.24, 2.45) is 5.73 Å². The molecule has 0 fully saturated rings. The highest BCUT2D eigenvalue weighted by Gasteiger charge is 2.26. The van der Waals surface area contributed by atoms with Gasteiger partial charge in [-0.05, 0) is 44.7 Å². The highest BCUT2D eigenvalue weighted by Crippen LogP contribution is 2.31. The monoisotopic (exact) mass is 287 g/mol. The van der Waals surface area contributed by atoms with Crippen LogP contribution in [0.15, 0.2) is 48.8 Å². The van der Waals surface area contributed by atoms with Gasteiger partial charge in [-0.3, -0.25) is 9.88 Å². The third-order valence-electron chi connectivity index (χ3n) is 3.95. The van der Waals surface area contributed by atoms with Crippen LogP contribution in [0.5, 0.6) is 0 Å². The number of nitrogens with two attached hydrogens (primary N) is 1. The van der Waals surface area contributed by atoms with E-state index in [-0.39, 0.29) is 23.9 Å². The van der Waals surface area contributed by atoms with Gasteiger partial charge in [0.1, 0.15) is 5.82 Å². The third-order valence-corrected chi connectivity index (χ3v) is 3.95. The molecule has 0 amide bonds. The van der Waals surface area contributed by atoms with Gasteiger partial charge < -0.3 is 5.73 Å². The first kappa shape index (κ1) is 15.6. The van der Waals surface area contributed by atoms with E-state index in [1.807, 2.05) is 45.2 Å². The summed E-state index contributed by atoms with van der Waals surface area (Å²) in [6.07, 6.45) is 3.51. The van der Waals surface area contributed by atoms with Crippen LogP contribution in [0.1, 0.15) is 37.1 Å². The first-order valence-corrected chi connectivity index (χ1v) is 7.14. The van der Waals surface area contributed by atoms with Crippen LogP contribution in [0.4, 0.5) is 4.39 Å². The molecule has 3 nitrogen and oxygen atoms in total. The number of nitrogens with zero attached hydrogens (tertiary/aromatic N) is 2. The summed E-state index contributed by atoms with van der Waals surface area (Å²) < 4.78 is 14.0.